The van der Waals surface area contributed by atoms with E-state index >= 15 is 0 Å². The molecule has 0 bridgehead atoms. The molecule has 2 fully saturated rings. The van der Waals surface area contributed by atoms with Crippen LogP contribution in [0.25, 0.3) is 0 Å². The van der Waals surface area contributed by atoms with E-state index in [1.807, 2.05) is 19.2 Å². The lowest BCUT2D eigenvalue weighted by molar-refractivity contribution is -0.172. The van der Waals surface area contributed by atoms with Crippen molar-refractivity contribution in [2.45, 2.75) is 69.6 Å². The third kappa shape index (κ3) is 5.30. The summed E-state index contributed by atoms with van der Waals surface area (Å²) in [7, 11) is 0. The second-order valence-electron chi connectivity index (χ2n) is 11.0. The van der Waals surface area contributed by atoms with Gasteiger partial charge in [0.15, 0.2) is 11.5 Å². The van der Waals surface area contributed by atoms with Crippen molar-refractivity contribution in [3.8, 4) is 11.5 Å². The maximum absolute atomic E-state index is 13.2. The first-order valence-electron chi connectivity index (χ1n) is 13.2. The highest BCUT2D eigenvalue weighted by Crippen LogP contribution is 2.52. The van der Waals surface area contributed by atoms with Crippen LogP contribution in [0.5, 0.6) is 11.5 Å². The second kappa shape index (κ2) is 10.6. The van der Waals surface area contributed by atoms with Crippen LogP contribution in [0, 0.1) is 25.7 Å². The summed E-state index contributed by atoms with van der Waals surface area (Å²) in [6, 6.07) is 3.40. The summed E-state index contributed by atoms with van der Waals surface area (Å²) in [6.45, 7) is 4.42. The number of benzene rings is 1. The van der Waals surface area contributed by atoms with Crippen LogP contribution in [0.4, 0.5) is 8.78 Å². The number of aryl methyl sites for hydroxylation is 1. The summed E-state index contributed by atoms with van der Waals surface area (Å²) in [4.78, 5) is 43.1. The predicted octanol–water partition coefficient (Wildman–Crippen LogP) is 5.07. The molecule has 3 heterocycles. The number of pyridine rings is 1. The standard InChI is InChI=1S/C28H32ClF2N3O5S/c1-14-9-21(40-4)19(25(36)33-14)11-32-24(35)18-10-20(29)23-22(15(18)2)38-27(3,39-23)17-7-5-16(6-8-17)26(37)34-12-28(30,31)13-34/h9-10,16-17H,5-8,11-13H2,1-4H3,(H,32,35)(H,33,36)/t16-,17-,27?. The van der Waals surface area contributed by atoms with E-state index in [0.29, 0.717) is 53.9 Å². The van der Waals surface area contributed by atoms with Crippen LogP contribution in [0.15, 0.2) is 21.8 Å². The fourth-order valence-corrected chi connectivity index (χ4v) is 6.78. The van der Waals surface area contributed by atoms with Crippen LogP contribution in [-0.2, 0) is 11.3 Å². The van der Waals surface area contributed by atoms with E-state index in [1.54, 1.807) is 13.8 Å². The number of thioether (sulfide) groups is 1. The quantitative estimate of drug-likeness (QED) is 0.453. The zero-order valence-corrected chi connectivity index (χ0v) is 24.4. The average Bonchev–Trinajstić information content (AvgIpc) is 3.27. The molecule has 8 nitrogen and oxygen atoms in total. The number of alkyl halides is 2. The van der Waals surface area contributed by atoms with Gasteiger partial charge >= 0.3 is 0 Å². The Labute approximate surface area is 240 Å². The van der Waals surface area contributed by atoms with E-state index in [1.165, 1.54) is 22.7 Å². The maximum Gasteiger partial charge on any atom is 0.282 e. The molecule has 216 valence electrons. The second-order valence-corrected chi connectivity index (χ2v) is 12.3. The van der Waals surface area contributed by atoms with Crippen LogP contribution >= 0.6 is 23.4 Å². The molecule has 3 aliphatic rings. The first-order valence-corrected chi connectivity index (χ1v) is 14.8. The van der Waals surface area contributed by atoms with Crippen LogP contribution in [-0.4, -0.2) is 52.8 Å². The third-order valence-electron chi connectivity index (χ3n) is 8.14. The fourth-order valence-electron chi connectivity index (χ4n) is 5.84. The summed E-state index contributed by atoms with van der Waals surface area (Å²) < 4.78 is 39.0. The number of amides is 2. The van der Waals surface area contributed by atoms with Gasteiger partial charge in [-0.2, -0.15) is 0 Å². The zero-order valence-electron chi connectivity index (χ0n) is 22.8. The number of nitrogens with zero attached hydrogens (tertiary/aromatic N) is 1. The fraction of sp³-hybridized carbons (Fsp3) is 0.536. The molecule has 2 aliphatic heterocycles. The highest BCUT2D eigenvalue weighted by Gasteiger charge is 2.51. The molecule has 1 aromatic heterocycles. The minimum absolute atomic E-state index is 0.0465. The summed E-state index contributed by atoms with van der Waals surface area (Å²) in [5, 5.41) is 3.05. The molecule has 5 rings (SSSR count). The summed E-state index contributed by atoms with van der Waals surface area (Å²) >= 11 is 7.99. The first-order chi connectivity index (χ1) is 18.8. The van der Waals surface area contributed by atoms with Gasteiger partial charge in [-0.05, 0) is 57.9 Å². The minimum Gasteiger partial charge on any atom is -0.448 e. The lowest BCUT2D eigenvalue weighted by Gasteiger charge is -2.42. The Morgan fingerprint density at radius 1 is 1.15 bits per heavy atom. The number of ether oxygens (including phenoxy) is 2. The topological polar surface area (TPSA) is 101 Å². The molecule has 1 atom stereocenters. The van der Waals surface area contributed by atoms with Gasteiger partial charge in [0.1, 0.15) is 0 Å². The highest BCUT2D eigenvalue weighted by molar-refractivity contribution is 7.98. The maximum atomic E-state index is 13.2. The number of aromatic nitrogens is 1. The minimum atomic E-state index is -2.78. The van der Waals surface area contributed by atoms with Crippen molar-refractivity contribution in [3.05, 3.63) is 49.9 Å². The number of rotatable bonds is 6. The number of carbonyl (C=O) groups excluding carboxylic acids is 2. The molecular formula is C28H32ClF2N3O5S. The van der Waals surface area contributed by atoms with Gasteiger partial charge in [0.05, 0.1) is 18.1 Å². The molecule has 1 aromatic carbocycles. The van der Waals surface area contributed by atoms with E-state index in [-0.39, 0.29) is 34.9 Å². The number of hydrogen-bond donors (Lipinski definition) is 2. The average molecular weight is 596 g/mol. The third-order valence-corrected chi connectivity index (χ3v) is 9.23. The van der Waals surface area contributed by atoms with Gasteiger partial charge in [0.25, 0.3) is 23.2 Å². The molecule has 1 unspecified atom stereocenters. The molecule has 0 radical (unpaired) electrons. The first kappa shape index (κ1) is 28.7. The zero-order chi connectivity index (χ0) is 29.0. The Hall–Kier alpha value is -2.79. The molecule has 40 heavy (non-hydrogen) atoms. The summed E-state index contributed by atoms with van der Waals surface area (Å²) in [5.74, 6) is -4.04. The number of H-pyrrole nitrogens is 1. The van der Waals surface area contributed by atoms with Gasteiger partial charge in [-0.3, -0.25) is 14.4 Å². The molecule has 0 spiro atoms. The lowest BCUT2D eigenvalue weighted by Crippen LogP contribution is -2.60. The molecule has 1 aliphatic carbocycles. The lowest BCUT2D eigenvalue weighted by atomic mass is 9.77. The Kier molecular flexibility index (Phi) is 7.58. The van der Waals surface area contributed by atoms with Crippen molar-refractivity contribution in [2.75, 3.05) is 19.3 Å². The molecule has 2 aromatic rings. The van der Waals surface area contributed by atoms with E-state index in [9.17, 15) is 23.2 Å². The largest absolute Gasteiger partial charge is 0.448 e. The van der Waals surface area contributed by atoms with Crippen molar-refractivity contribution < 1.29 is 27.8 Å². The normalized spacial score (nSPS) is 24.9. The van der Waals surface area contributed by atoms with Crippen LogP contribution in [0.3, 0.4) is 0 Å². The molecule has 2 amide bonds. The van der Waals surface area contributed by atoms with E-state index < -0.39 is 30.7 Å². The van der Waals surface area contributed by atoms with Crippen molar-refractivity contribution >= 4 is 35.2 Å². The van der Waals surface area contributed by atoms with Gasteiger partial charge in [-0.1, -0.05) is 11.6 Å². The molecule has 1 saturated carbocycles. The van der Waals surface area contributed by atoms with Crippen molar-refractivity contribution in [1.82, 2.24) is 15.2 Å². The van der Waals surface area contributed by atoms with Crippen LogP contribution in [0.2, 0.25) is 5.02 Å². The highest BCUT2D eigenvalue weighted by atomic mass is 35.5. The Morgan fingerprint density at radius 2 is 1.80 bits per heavy atom. The molecule has 2 N–H and O–H groups in total. The van der Waals surface area contributed by atoms with Gasteiger partial charge in [0, 0.05) is 52.6 Å². The Bertz CT molecular complexity index is 1420. The molecular weight excluding hydrogens is 564 g/mol. The number of nitrogens with one attached hydrogen (secondary N) is 2. The Balaban J connectivity index is 1.26. The number of aromatic amines is 1. The van der Waals surface area contributed by atoms with Crippen molar-refractivity contribution in [1.29, 1.82) is 0 Å². The summed E-state index contributed by atoms with van der Waals surface area (Å²) in [5.41, 5.74) is 1.84. The van der Waals surface area contributed by atoms with Crippen molar-refractivity contribution in [2.24, 2.45) is 11.8 Å². The van der Waals surface area contributed by atoms with Crippen LogP contribution in [0.1, 0.15) is 59.8 Å². The SMILES string of the molecule is CSc1cc(C)[nH]c(=O)c1CNC(=O)c1cc(Cl)c2c(c1C)OC(C)([C@H]1CC[C@H](C(=O)N3CC(F)(F)C3)CC1)O2. The van der Waals surface area contributed by atoms with Crippen molar-refractivity contribution in [3.63, 3.8) is 0 Å². The molecule has 12 heteroatoms. The van der Waals surface area contributed by atoms with E-state index in [2.05, 4.69) is 10.3 Å². The Morgan fingerprint density at radius 3 is 2.42 bits per heavy atom. The smallest absolute Gasteiger partial charge is 0.282 e. The van der Waals surface area contributed by atoms with E-state index in [4.69, 9.17) is 21.1 Å². The van der Waals surface area contributed by atoms with Crippen LogP contribution < -0.4 is 20.3 Å². The van der Waals surface area contributed by atoms with Gasteiger partial charge in [-0.25, -0.2) is 8.78 Å². The summed E-state index contributed by atoms with van der Waals surface area (Å²) in [6.07, 6.45) is 4.23. The number of carbonyl (C=O) groups is 2. The van der Waals surface area contributed by atoms with Gasteiger partial charge in [0.2, 0.25) is 5.91 Å². The molecule has 1 saturated heterocycles. The number of halogens is 3. The monoisotopic (exact) mass is 595 g/mol. The van der Waals surface area contributed by atoms with Gasteiger partial charge in [-0.15, -0.1) is 11.8 Å². The number of likely N-dealkylation sites (tertiary alicyclic amines) is 1. The number of fused-ring (bicyclic) bond motifs is 1. The van der Waals surface area contributed by atoms with E-state index in [0.717, 1.165) is 10.6 Å². The van der Waals surface area contributed by atoms with Gasteiger partial charge < -0.3 is 24.7 Å². The predicted molar refractivity (Wildman–Crippen MR) is 148 cm³/mol. The number of hydrogen-bond acceptors (Lipinski definition) is 6.